The summed E-state index contributed by atoms with van der Waals surface area (Å²) in [4.78, 5) is 4.15. The van der Waals surface area contributed by atoms with E-state index in [2.05, 4.69) is 11.1 Å². The average molecular weight is 257 g/mol. The second-order valence-corrected chi connectivity index (χ2v) is 4.85. The minimum absolute atomic E-state index is 0.506. The molecule has 1 unspecified atom stereocenters. The standard InChI is InChI=1S/C16H19NO2/c1-11-6-12(2)8-14(7-11)15(18)9-13-4-5-16(19-3)17-10-13/h4-8,10,15,18H,9H2,1-3H3. The molecular formula is C16H19NO2. The van der Waals surface area contributed by atoms with Gasteiger partial charge in [-0.2, -0.15) is 0 Å². The third-order valence-electron chi connectivity index (χ3n) is 3.06. The number of benzene rings is 1. The van der Waals surface area contributed by atoms with Crippen molar-refractivity contribution in [2.75, 3.05) is 7.11 Å². The molecule has 0 fully saturated rings. The zero-order valence-corrected chi connectivity index (χ0v) is 11.6. The lowest BCUT2D eigenvalue weighted by Crippen LogP contribution is -2.03. The Balaban J connectivity index is 2.13. The molecule has 3 nitrogen and oxygen atoms in total. The summed E-state index contributed by atoms with van der Waals surface area (Å²) in [6.07, 6.45) is 1.79. The van der Waals surface area contributed by atoms with E-state index in [0.29, 0.717) is 12.3 Å². The van der Waals surface area contributed by atoms with Gasteiger partial charge in [-0.3, -0.25) is 0 Å². The molecule has 1 aromatic heterocycles. The molecule has 0 aliphatic carbocycles. The fourth-order valence-electron chi connectivity index (χ4n) is 2.20. The van der Waals surface area contributed by atoms with Crippen molar-refractivity contribution >= 4 is 0 Å². The van der Waals surface area contributed by atoms with Crippen LogP contribution in [0, 0.1) is 13.8 Å². The lowest BCUT2D eigenvalue weighted by Gasteiger charge is -2.13. The molecule has 0 amide bonds. The number of pyridine rings is 1. The maximum atomic E-state index is 10.3. The molecule has 0 aliphatic rings. The van der Waals surface area contributed by atoms with E-state index in [4.69, 9.17) is 4.74 Å². The number of aliphatic hydroxyl groups excluding tert-OH is 1. The molecule has 1 atom stereocenters. The van der Waals surface area contributed by atoms with Crippen molar-refractivity contribution in [1.29, 1.82) is 0 Å². The number of aliphatic hydroxyl groups is 1. The van der Waals surface area contributed by atoms with Crippen molar-refractivity contribution in [3.05, 3.63) is 58.8 Å². The summed E-state index contributed by atoms with van der Waals surface area (Å²) in [6, 6.07) is 9.88. The summed E-state index contributed by atoms with van der Waals surface area (Å²) in [5.41, 5.74) is 4.28. The first-order chi connectivity index (χ1) is 9.08. The number of hydrogen-bond donors (Lipinski definition) is 1. The van der Waals surface area contributed by atoms with Crippen molar-refractivity contribution < 1.29 is 9.84 Å². The maximum Gasteiger partial charge on any atom is 0.212 e. The van der Waals surface area contributed by atoms with Crippen LogP contribution in [-0.4, -0.2) is 17.2 Å². The first-order valence-corrected chi connectivity index (χ1v) is 6.33. The molecule has 1 N–H and O–H groups in total. The monoisotopic (exact) mass is 257 g/mol. The van der Waals surface area contributed by atoms with Gasteiger partial charge in [-0.1, -0.05) is 35.4 Å². The van der Waals surface area contributed by atoms with Crippen LogP contribution in [0.5, 0.6) is 5.88 Å². The molecule has 1 aromatic carbocycles. The summed E-state index contributed by atoms with van der Waals surface area (Å²) < 4.78 is 5.02. The van der Waals surface area contributed by atoms with Crippen LogP contribution in [0.25, 0.3) is 0 Å². The Bertz CT molecular complexity index is 529. The zero-order valence-electron chi connectivity index (χ0n) is 11.6. The van der Waals surface area contributed by atoms with Crippen LogP contribution in [0.15, 0.2) is 36.5 Å². The summed E-state index contributed by atoms with van der Waals surface area (Å²) in [5, 5.41) is 10.3. The first kappa shape index (κ1) is 13.6. The van der Waals surface area contributed by atoms with Crippen LogP contribution in [0.3, 0.4) is 0 Å². The molecule has 100 valence electrons. The van der Waals surface area contributed by atoms with Gasteiger partial charge < -0.3 is 9.84 Å². The molecule has 0 saturated carbocycles. The van der Waals surface area contributed by atoms with E-state index in [1.54, 1.807) is 13.3 Å². The molecular weight excluding hydrogens is 238 g/mol. The van der Waals surface area contributed by atoms with Crippen LogP contribution < -0.4 is 4.74 Å². The van der Waals surface area contributed by atoms with E-state index in [0.717, 1.165) is 11.1 Å². The Morgan fingerprint density at radius 1 is 1.16 bits per heavy atom. The van der Waals surface area contributed by atoms with Crippen LogP contribution in [0.2, 0.25) is 0 Å². The van der Waals surface area contributed by atoms with Crippen LogP contribution in [-0.2, 0) is 6.42 Å². The van der Waals surface area contributed by atoms with E-state index < -0.39 is 6.10 Å². The predicted molar refractivity (Wildman–Crippen MR) is 75.4 cm³/mol. The maximum absolute atomic E-state index is 10.3. The predicted octanol–water partition coefficient (Wildman–Crippen LogP) is 2.98. The Hall–Kier alpha value is -1.87. The summed E-state index contributed by atoms with van der Waals surface area (Å²) >= 11 is 0. The van der Waals surface area contributed by atoms with E-state index in [1.165, 1.54) is 11.1 Å². The molecule has 0 radical (unpaired) electrons. The van der Waals surface area contributed by atoms with E-state index in [1.807, 2.05) is 38.1 Å². The highest BCUT2D eigenvalue weighted by Gasteiger charge is 2.10. The highest BCUT2D eigenvalue weighted by Crippen LogP contribution is 2.21. The van der Waals surface area contributed by atoms with Crippen molar-refractivity contribution in [1.82, 2.24) is 4.98 Å². The molecule has 0 saturated heterocycles. The smallest absolute Gasteiger partial charge is 0.212 e. The van der Waals surface area contributed by atoms with Gasteiger partial charge in [0.25, 0.3) is 0 Å². The second-order valence-electron chi connectivity index (χ2n) is 4.85. The van der Waals surface area contributed by atoms with Gasteiger partial charge in [0.05, 0.1) is 13.2 Å². The summed E-state index contributed by atoms with van der Waals surface area (Å²) in [7, 11) is 1.59. The van der Waals surface area contributed by atoms with Gasteiger partial charge in [-0.15, -0.1) is 0 Å². The Morgan fingerprint density at radius 2 is 1.84 bits per heavy atom. The third kappa shape index (κ3) is 3.55. The number of aromatic nitrogens is 1. The van der Waals surface area contributed by atoms with E-state index in [-0.39, 0.29) is 0 Å². The molecule has 0 bridgehead atoms. The summed E-state index contributed by atoms with van der Waals surface area (Å²) in [5.74, 6) is 0.588. The number of hydrogen-bond acceptors (Lipinski definition) is 3. The van der Waals surface area contributed by atoms with Crippen LogP contribution in [0.4, 0.5) is 0 Å². The average Bonchev–Trinajstić information content (AvgIpc) is 2.38. The number of methoxy groups -OCH3 is 1. The molecule has 0 spiro atoms. The van der Waals surface area contributed by atoms with Gasteiger partial charge in [0.15, 0.2) is 0 Å². The van der Waals surface area contributed by atoms with E-state index in [9.17, 15) is 5.11 Å². The molecule has 2 aromatic rings. The molecule has 1 heterocycles. The minimum atomic E-state index is -0.506. The number of nitrogens with zero attached hydrogens (tertiary/aromatic N) is 1. The fourth-order valence-corrected chi connectivity index (χ4v) is 2.20. The lowest BCUT2D eigenvalue weighted by atomic mass is 9.99. The Kier molecular flexibility index (Phi) is 4.17. The first-order valence-electron chi connectivity index (χ1n) is 6.33. The highest BCUT2D eigenvalue weighted by molar-refractivity contribution is 5.31. The van der Waals surface area contributed by atoms with Gasteiger partial charge in [-0.05, 0) is 25.0 Å². The van der Waals surface area contributed by atoms with Gasteiger partial charge >= 0.3 is 0 Å². The molecule has 2 rings (SSSR count). The van der Waals surface area contributed by atoms with Gasteiger partial charge in [-0.25, -0.2) is 4.98 Å². The second kappa shape index (κ2) is 5.85. The Morgan fingerprint density at radius 3 is 2.37 bits per heavy atom. The van der Waals surface area contributed by atoms with Crippen LogP contribution in [0.1, 0.15) is 28.4 Å². The fraction of sp³-hybridized carbons (Fsp3) is 0.312. The van der Waals surface area contributed by atoms with Crippen LogP contribution >= 0.6 is 0 Å². The van der Waals surface area contributed by atoms with Crippen molar-refractivity contribution in [3.63, 3.8) is 0 Å². The SMILES string of the molecule is COc1ccc(CC(O)c2cc(C)cc(C)c2)cn1. The van der Waals surface area contributed by atoms with Crippen molar-refractivity contribution in [3.8, 4) is 5.88 Å². The minimum Gasteiger partial charge on any atom is -0.481 e. The molecule has 19 heavy (non-hydrogen) atoms. The topological polar surface area (TPSA) is 42.4 Å². The number of aryl methyl sites for hydroxylation is 2. The van der Waals surface area contributed by atoms with E-state index >= 15 is 0 Å². The number of ether oxygens (including phenoxy) is 1. The normalized spacial score (nSPS) is 12.2. The Labute approximate surface area is 113 Å². The van der Waals surface area contributed by atoms with Gasteiger partial charge in [0.1, 0.15) is 0 Å². The molecule has 0 aliphatic heterocycles. The zero-order chi connectivity index (χ0) is 13.8. The number of rotatable bonds is 4. The highest BCUT2D eigenvalue weighted by atomic mass is 16.5. The molecule has 3 heteroatoms. The largest absolute Gasteiger partial charge is 0.481 e. The quantitative estimate of drug-likeness (QED) is 0.915. The van der Waals surface area contributed by atoms with Crippen molar-refractivity contribution in [2.24, 2.45) is 0 Å². The van der Waals surface area contributed by atoms with Crippen molar-refractivity contribution in [2.45, 2.75) is 26.4 Å². The van der Waals surface area contributed by atoms with Gasteiger partial charge in [0, 0.05) is 18.7 Å². The third-order valence-corrected chi connectivity index (χ3v) is 3.06. The summed E-state index contributed by atoms with van der Waals surface area (Å²) in [6.45, 7) is 4.08. The van der Waals surface area contributed by atoms with Gasteiger partial charge in [0.2, 0.25) is 5.88 Å². The lowest BCUT2D eigenvalue weighted by molar-refractivity contribution is 0.178.